The van der Waals surface area contributed by atoms with Gasteiger partial charge >= 0.3 is 12.1 Å². The standard InChI is InChI=1S/C26H41N3O6/c1-8-29(24(32)20(17-18(3)4)28-25(33)35-26(5,6)7)22(19-13-11-10-12-14-19)23(31)27-16-15-21(30)34-9-2/h10-14,18,20,22H,8-9,15-17H2,1-7H3,(H,27,31)(H,28,33). The molecule has 196 valence electrons. The van der Waals surface area contributed by atoms with E-state index in [1.54, 1.807) is 58.9 Å². The van der Waals surface area contributed by atoms with E-state index in [2.05, 4.69) is 10.6 Å². The monoisotopic (exact) mass is 491 g/mol. The van der Waals surface area contributed by atoms with Gasteiger partial charge in [-0.15, -0.1) is 0 Å². The molecule has 0 aliphatic rings. The normalized spacial score (nSPS) is 12.9. The number of rotatable bonds is 12. The first-order chi connectivity index (χ1) is 16.4. The Morgan fingerprint density at radius 1 is 1.03 bits per heavy atom. The number of ether oxygens (including phenoxy) is 2. The Morgan fingerprint density at radius 2 is 1.66 bits per heavy atom. The Hall–Kier alpha value is -3.10. The van der Waals surface area contributed by atoms with E-state index in [0.29, 0.717) is 12.0 Å². The molecule has 0 heterocycles. The van der Waals surface area contributed by atoms with Crippen LogP contribution in [0.15, 0.2) is 30.3 Å². The van der Waals surface area contributed by atoms with E-state index in [1.807, 2.05) is 19.9 Å². The fraction of sp³-hybridized carbons (Fsp3) is 0.615. The van der Waals surface area contributed by atoms with Crippen molar-refractivity contribution in [2.75, 3.05) is 19.7 Å². The number of likely N-dealkylation sites (N-methyl/N-ethyl adjacent to an activating group) is 1. The summed E-state index contributed by atoms with van der Waals surface area (Å²) in [6, 6.07) is 7.13. The Bertz CT molecular complexity index is 835. The number of hydrogen-bond donors (Lipinski definition) is 2. The molecule has 1 aromatic carbocycles. The maximum atomic E-state index is 13.7. The number of alkyl carbamates (subject to hydrolysis) is 1. The Balaban J connectivity index is 3.19. The predicted octanol–water partition coefficient (Wildman–Crippen LogP) is 3.59. The molecule has 0 saturated heterocycles. The highest BCUT2D eigenvalue weighted by atomic mass is 16.6. The van der Waals surface area contributed by atoms with Crippen LogP contribution in [-0.2, 0) is 23.9 Å². The van der Waals surface area contributed by atoms with Crippen molar-refractivity contribution < 1.29 is 28.7 Å². The third-order valence-corrected chi connectivity index (χ3v) is 4.93. The van der Waals surface area contributed by atoms with Gasteiger partial charge in [-0.05, 0) is 52.5 Å². The molecule has 0 bridgehead atoms. The largest absolute Gasteiger partial charge is 0.466 e. The van der Waals surface area contributed by atoms with Gasteiger partial charge in [0.15, 0.2) is 0 Å². The number of carbonyl (C=O) groups excluding carboxylic acids is 4. The second-order valence-electron chi connectivity index (χ2n) is 9.61. The molecule has 9 heteroatoms. The van der Waals surface area contributed by atoms with Crippen molar-refractivity contribution in [3.05, 3.63) is 35.9 Å². The van der Waals surface area contributed by atoms with Gasteiger partial charge in [0.2, 0.25) is 11.8 Å². The molecule has 0 saturated carbocycles. The SMILES string of the molecule is CCOC(=O)CCNC(=O)C(c1ccccc1)N(CC)C(=O)C(CC(C)C)NC(=O)OC(C)(C)C. The summed E-state index contributed by atoms with van der Waals surface area (Å²) in [6.07, 6.45) is -0.291. The molecule has 2 unspecified atom stereocenters. The molecule has 35 heavy (non-hydrogen) atoms. The van der Waals surface area contributed by atoms with Gasteiger partial charge in [-0.2, -0.15) is 0 Å². The van der Waals surface area contributed by atoms with Crippen LogP contribution in [0, 0.1) is 5.92 Å². The first-order valence-corrected chi connectivity index (χ1v) is 12.2. The van der Waals surface area contributed by atoms with Crippen LogP contribution in [0.3, 0.4) is 0 Å². The first-order valence-electron chi connectivity index (χ1n) is 12.2. The number of amides is 3. The van der Waals surface area contributed by atoms with Gasteiger partial charge in [0.1, 0.15) is 17.7 Å². The summed E-state index contributed by atoms with van der Waals surface area (Å²) in [5, 5.41) is 5.44. The third-order valence-electron chi connectivity index (χ3n) is 4.93. The second kappa shape index (κ2) is 14.3. The summed E-state index contributed by atoms with van der Waals surface area (Å²) >= 11 is 0. The molecule has 0 fully saturated rings. The van der Waals surface area contributed by atoms with E-state index in [1.165, 1.54) is 4.90 Å². The molecular weight excluding hydrogens is 450 g/mol. The maximum absolute atomic E-state index is 13.7. The van der Waals surface area contributed by atoms with Crippen molar-refractivity contribution in [2.24, 2.45) is 5.92 Å². The van der Waals surface area contributed by atoms with Gasteiger partial charge in [0, 0.05) is 13.1 Å². The minimum absolute atomic E-state index is 0.0251. The molecule has 9 nitrogen and oxygen atoms in total. The molecule has 0 radical (unpaired) electrons. The lowest BCUT2D eigenvalue weighted by molar-refractivity contribution is -0.144. The lowest BCUT2D eigenvalue weighted by Gasteiger charge is -2.34. The van der Waals surface area contributed by atoms with Crippen molar-refractivity contribution in [3.63, 3.8) is 0 Å². The van der Waals surface area contributed by atoms with E-state index in [9.17, 15) is 19.2 Å². The number of nitrogens with one attached hydrogen (secondary N) is 2. The molecule has 1 aromatic rings. The van der Waals surface area contributed by atoms with E-state index in [0.717, 1.165) is 0 Å². The zero-order chi connectivity index (χ0) is 26.6. The van der Waals surface area contributed by atoms with Gasteiger partial charge < -0.3 is 25.0 Å². The van der Waals surface area contributed by atoms with Crippen LogP contribution in [0.2, 0.25) is 0 Å². The predicted molar refractivity (Wildman–Crippen MR) is 133 cm³/mol. The van der Waals surface area contributed by atoms with Crippen molar-refractivity contribution >= 4 is 23.9 Å². The average molecular weight is 492 g/mol. The third kappa shape index (κ3) is 10.8. The molecular formula is C26H41N3O6. The minimum Gasteiger partial charge on any atom is -0.466 e. The van der Waals surface area contributed by atoms with Gasteiger partial charge in [-0.25, -0.2) is 4.79 Å². The molecule has 2 N–H and O–H groups in total. The van der Waals surface area contributed by atoms with E-state index >= 15 is 0 Å². The molecule has 0 spiro atoms. The number of hydrogen-bond acceptors (Lipinski definition) is 6. The van der Waals surface area contributed by atoms with E-state index in [4.69, 9.17) is 9.47 Å². The van der Waals surface area contributed by atoms with Crippen LogP contribution in [0.5, 0.6) is 0 Å². The Kier molecular flexibility index (Phi) is 12.3. The first kappa shape index (κ1) is 29.9. The number of carbonyl (C=O) groups is 4. The van der Waals surface area contributed by atoms with Crippen LogP contribution < -0.4 is 10.6 Å². The van der Waals surface area contributed by atoms with Gasteiger partial charge in [0.05, 0.1) is 13.0 Å². The van der Waals surface area contributed by atoms with Gasteiger partial charge in [-0.1, -0.05) is 44.2 Å². The number of nitrogens with zero attached hydrogens (tertiary/aromatic N) is 1. The van der Waals surface area contributed by atoms with Gasteiger partial charge in [0.25, 0.3) is 0 Å². The summed E-state index contributed by atoms with van der Waals surface area (Å²) in [5.41, 5.74) is -0.0948. The van der Waals surface area contributed by atoms with Crippen LogP contribution in [0.4, 0.5) is 4.79 Å². The summed E-state index contributed by atoms with van der Waals surface area (Å²) in [6.45, 7) is 13.2. The van der Waals surface area contributed by atoms with Crippen LogP contribution in [-0.4, -0.2) is 60.1 Å². The highest BCUT2D eigenvalue weighted by molar-refractivity contribution is 5.92. The molecule has 2 atom stereocenters. The molecule has 1 rings (SSSR count). The molecule has 0 aliphatic carbocycles. The summed E-state index contributed by atoms with van der Waals surface area (Å²) in [4.78, 5) is 52.6. The molecule has 0 aromatic heterocycles. The number of esters is 1. The quantitative estimate of drug-likeness (QED) is 0.432. The smallest absolute Gasteiger partial charge is 0.408 e. The fourth-order valence-electron chi connectivity index (χ4n) is 3.53. The highest BCUT2D eigenvalue weighted by Gasteiger charge is 2.35. The topological polar surface area (TPSA) is 114 Å². The summed E-state index contributed by atoms with van der Waals surface area (Å²) in [5.74, 6) is -1.12. The van der Waals surface area contributed by atoms with Crippen LogP contribution in [0.1, 0.15) is 72.9 Å². The minimum atomic E-state index is -0.939. The van der Waals surface area contributed by atoms with Crippen molar-refractivity contribution in [2.45, 2.75) is 79.0 Å². The lowest BCUT2D eigenvalue weighted by Crippen LogP contribution is -2.53. The fourth-order valence-corrected chi connectivity index (χ4v) is 3.53. The Labute approximate surface area is 208 Å². The van der Waals surface area contributed by atoms with E-state index < -0.39 is 35.7 Å². The molecule has 3 amide bonds. The van der Waals surface area contributed by atoms with Crippen LogP contribution >= 0.6 is 0 Å². The number of benzene rings is 1. The summed E-state index contributed by atoms with van der Waals surface area (Å²) in [7, 11) is 0. The molecule has 0 aliphatic heterocycles. The van der Waals surface area contributed by atoms with Crippen molar-refractivity contribution in [1.29, 1.82) is 0 Å². The van der Waals surface area contributed by atoms with Crippen molar-refractivity contribution in [3.8, 4) is 0 Å². The summed E-state index contributed by atoms with van der Waals surface area (Å²) < 4.78 is 10.3. The van der Waals surface area contributed by atoms with Gasteiger partial charge in [-0.3, -0.25) is 14.4 Å². The Morgan fingerprint density at radius 3 is 2.17 bits per heavy atom. The second-order valence-corrected chi connectivity index (χ2v) is 9.61. The lowest BCUT2D eigenvalue weighted by atomic mass is 9.99. The van der Waals surface area contributed by atoms with Crippen molar-refractivity contribution in [1.82, 2.24) is 15.5 Å². The maximum Gasteiger partial charge on any atom is 0.408 e. The van der Waals surface area contributed by atoms with Crippen LogP contribution in [0.25, 0.3) is 0 Å². The average Bonchev–Trinajstić information content (AvgIpc) is 2.75. The zero-order valence-electron chi connectivity index (χ0n) is 22.1. The zero-order valence-corrected chi connectivity index (χ0v) is 22.1. The highest BCUT2D eigenvalue weighted by Crippen LogP contribution is 2.23. The van der Waals surface area contributed by atoms with E-state index in [-0.39, 0.29) is 37.9 Å².